The molecule has 0 heterocycles. The van der Waals surface area contributed by atoms with Crippen LogP contribution in [-0.2, 0) is 6.61 Å². The zero-order chi connectivity index (χ0) is 16.7. The lowest BCUT2D eigenvalue weighted by atomic mass is 10.2. The van der Waals surface area contributed by atoms with Crippen molar-refractivity contribution in [3.63, 3.8) is 0 Å². The lowest BCUT2D eigenvalue weighted by Crippen LogP contribution is -2.31. The lowest BCUT2D eigenvalue weighted by Gasteiger charge is -2.10. The monoisotopic (exact) mass is 316 g/mol. The van der Waals surface area contributed by atoms with Gasteiger partial charge in [0.15, 0.2) is 0 Å². The average molecular weight is 316 g/mol. The van der Waals surface area contributed by atoms with Crippen LogP contribution in [0.3, 0.4) is 0 Å². The van der Waals surface area contributed by atoms with Crippen LogP contribution in [0.1, 0.15) is 19.4 Å². The molecule has 2 rings (SSSR count). The number of urea groups is 1. The number of benzene rings is 2. The molecule has 5 heteroatoms. The molecule has 0 spiro atoms. The van der Waals surface area contributed by atoms with Crippen LogP contribution in [0, 0.1) is 11.7 Å². The van der Waals surface area contributed by atoms with Gasteiger partial charge in [0, 0.05) is 12.2 Å². The second-order valence-corrected chi connectivity index (χ2v) is 5.67. The highest BCUT2D eigenvalue weighted by molar-refractivity contribution is 5.89. The van der Waals surface area contributed by atoms with Gasteiger partial charge in [-0.3, -0.25) is 0 Å². The molecule has 2 N–H and O–H groups in total. The molecule has 0 aliphatic heterocycles. The van der Waals surface area contributed by atoms with E-state index in [0.717, 1.165) is 5.56 Å². The van der Waals surface area contributed by atoms with Crippen molar-refractivity contribution in [1.29, 1.82) is 0 Å². The Kier molecular flexibility index (Phi) is 5.97. The zero-order valence-corrected chi connectivity index (χ0v) is 13.3. The molecule has 0 aromatic heterocycles. The zero-order valence-electron chi connectivity index (χ0n) is 13.3. The van der Waals surface area contributed by atoms with E-state index < -0.39 is 0 Å². The molecular weight excluding hydrogens is 295 g/mol. The van der Waals surface area contributed by atoms with Crippen molar-refractivity contribution >= 4 is 11.7 Å². The quantitative estimate of drug-likeness (QED) is 0.840. The summed E-state index contributed by atoms with van der Waals surface area (Å²) in [6, 6.07) is 13.1. The van der Waals surface area contributed by atoms with Crippen LogP contribution in [0.2, 0.25) is 0 Å². The van der Waals surface area contributed by atoms with Crippen LogP contribution < -0.4 is 15.4 Å². The summed E-state index contributed by atoms with van der Waals surface area (Å²) in [7, 11) is 0. The van der Waals surface area contributed by atoms with Gasteiger partial charge in [0.05, 0.1) is 0 Å². The molecule has 0 saturated heterocycles. The summed E-state index contributed by atoms with van der Waals surface area (Å²) in [6.07, 6.45) is 0. The maximum absolute atomic E-state index is 13.1. The van der Waals surface area contributed by atoms with E-state index in [9.17, 15) is 9.18 Å². The molecule has 4 nitrogen and oxygen atoms in total. The fourth-order valence-electron chi connectivity index (χ4n) is 1.90. The topological polar surface area (TPSA) is 50.4 Å². The second kappa shape index (κ2) is 8.17. The first-order valence-electron chi connectivity index (χ1n) is 7.55. The summed E-state index contributed by atoms with van der Waals surface area (Å²) in [5.41, 5.74) is 1.45. The third-order valence-corrected chi connectivity index (χ3v) is 3.08. The Morgan fingerprint density at radius 1 is 1.17 bits per heavy atom. The van der Waals surface area contributed by atoms with Crippen LogP contribution in [-0.4, -0.2) is 12.6 Å². The normalized spacial score (nSPS) is 10.4. The molecule has 2 aromatic rings. The summed E-state index contributed by atoms with van der Waals surface area (Å²) in [5.74, 6) is 0.778. The molecule has 122 valence electrons. The molecule has 2 aromatic carbocycles. The molecule has 0 radical (unpaired) electrons. The van der Waals surface area contributed by atoms with Crippen molar-refractivity contribution in [3.8, 4) is 5.75 Å². The van der Waals surface area contributed by atoms with Gasteiger partial charge in [-0.25, -0.2) is 9.18 Å². The highest BCUT2D eigenvalue weighted by Gasteiger charge is 2.03. The Hall–Kier alpha value is -2.56. The molecule has 23 heavy (non-hydrogen) atoms. The molecule has 0 aliphatic carbocycles. The minimum atomic E-state index is -0.280. The summed E-state index contributed by atoms with van der Waals surface area (Å²) < 4.78 is 18.7. The van der Waals surface area contributed by atoms with Gasteiger partial charge in [0.25, 0.3) is 0 Å². The first-order chi connectivity index (χ1) is 11.0. The van der Waals surface area contributed by atoms with E-state index in [0.29, 0.717) is 30.5 Å². The minimum absolute atomic E-state index is 0.230. The number of amides is 2. The van der Waals surface area contributed by atoms with Gasteiger partial charge >= 0.3 is 6.03 Å². The van der Waals surface area contributed by atoms with Crippen molar-refractivity contribution in [3.05, 3.63) is 59.9 Å². The molecule has 0 saturated carbocycles. The van der Waals surface area contributed by atoms with E-state index >= 15 is 0 Å². The van der Waals surface area contributed by atoms with Gasteiger partial charge in [0.1, 0.15) is 18.2 Å². The first-order valence-corrected chi connectivity index (χ1v) is 7.55. The summed E-state index contributed by atoms with van der Waals surface area (Å²) >= 11 is 0. The Balaban J connectivity index is 1.83. The lowest BCUT2D eigenvalue weighted by molar-refractivity contribution is 0.251. The number of anilines is 1. The molecule has 0 fully saturated rings. The number of nitrogens with one attached hydrogen (secondary N) is 2. The SMILES string of the molecule is CC(C)CNC(=O)Nc1ccc(OCc2cccc(F)c2)cc1. The maximum Gasteiger partial charge on any atom is 0.319 e. The Morgan fingerprint density at radius 3 is 2.57 bits per heavy atom. The van der Waals surface area contributed by atoms with E-state index in [1.807, 2.05) is 13.8 Å². The maximum atomic E-state index is 13.1. The van der Waals surface area contributed by atoms with Crippen molar-refractivity contribution in [2.75, 3.05) is 11.9 Å². The predicted octanol–water partition coefficient (Wildman–Crippen LogP) is 4.18. The van der Waals surface area contributed by atoms with E-state index in [1.54, 1.807) is 36.4 Å². The molecule has 0 unspecified atom stereocenters. The smallest absolute Gasteiger partial charge is 0.319 e. The van der Waals surface area contributed by atoms with E-state index in [-0.39, 0.29) is 11.8 Å². The highest BCUT2D eigenvalue weighted by atomic mass is 19.1. The third kappa shape index (κ3) is 5.98. The highest BCUT2D eigenvalue weighted by Crippen LogP contribution is 2.17. The number of hydrogen-bond acceptors (Lipinski definition) is 2. The number of hydrogen-bond donors (Lipinski definition) is 2. The number of ether oxygens (including phenoxy) is 1. The van der Waals surface area contributed by atoms with Crippen molar-refractivity contribution in [2.45, 2.75) is 20.5 Å². The van der Waals surface area contributed by atoms with E-state index in [2.05, 4.69) is 10.6 Å². The largest absolute Gasteiger partial charge is 0.489 e. The van der Waals surface area contributed by atoms with Gasteiger partial charge < -0.3 is 15.4 Å². The molecular formula is C18H21FN2O2. The van der Waals surface area contributed by atoms with Crippen LogP contribution in [0.15, 0.2) is 48.5 Å². The minimum Gasteiger partial charge on any atom is -0.489 e. The first kappa shape index (κ1) is 16.8. The van der Waals surface area contributed by atoms with E-state index in [4.69, 9.17) is 4.74 Å². The summed E-state index contributed by atoms with van der Waals surface area (Å²) in [6.45, 7) is 4.98. The van der Waals surface area contributed by atoms with Gasteiger partial charge in [-0.05, 0) is 47.9 Å². The number of carbonyl (C=O) groups is 1. The summed E-state index contributed by atoms with van der Waals surface area (Å²) in [5, 5.41) is 5.53. The standard InChI is InChI=1S/C18H21FN2O2/c1-13(2)11-20-18(22)21-16-6-8-17(9-7-16)23-12-14-4-3-5-15(19)10-14/h3-10,13H,11-12H2,1-2H3,(H2,20,21,22). The van der Waals surface area contributed by atoms with Crippen LogP contribution in [0.4, 0.5) is 14.9 Å². The Bertz CT molecular complexity index is 642. The van der Waals surface area contributed by atoms with Crippen molar-refractivity contribution in [2.24, 2.45) is 5.92 Å². The summed E-state index contributed by atoms with van der Waals surface area (Å²) in [4.78, 5) is 11.7. The van der Waals surface area contributed by atoms with Crippen LogP contribution in [0.5, 0.6) is 5.75 Å². The fourth-order valence-corrected chi connectivity index (χ4v) is 1.90. The fraction of sp³-hybridized carbons (Fsp3) is 0.278. The molecule has 0 atom stereocenters. The van der Waals surface area contributed by atoms with Gasteiger partial charge in [-0.1, -0.05) is 26.0 Å². The third-order valence-electron chi connectivity index (χ3n) is 3.08. The van der Waals surface area contributed by atoms with Gasteiger partial charge in [0.2, 0.25) is 0 Å². The van der Waals surface area contributed by atoms with Crippen molar-refractivity contribution < 1.29 is 13.9 Å². The van der Waals surface area contributed by atoms with Crippen LogP contribution >= 0.6 is 0 Å². The Labute approximate surface area is 135 Å². The molecule has 0 bridgehead atoms. The Morgan fingerprint density at radius 2 is 1.91 bits per heavy atom. The number of halogens is 1. The second-order valence-electron chi connectivity index (χ2n) is 5.67. The van der Waals surface area contributed by atoms with Gasteiger partial charge in [-0.2, -0.15) is 0 Å². The van der Waals surface area contributed by atoms with Crippen LogP contribution in [0.25, 0.3) is 0 Å². The van der Waals surface area contributed by atoms with Gasteiger partial charge in [-0.15, -0.1) is 0 Å². The van der Waals surface area contributed by atoms with Crippen molar-refractivity contribution in [1.82, 2.24) is 5.32 Å². The molecule has 0 aliphatic rings. The van der Waals surface area contributed by atoms with E-state index in [1.165, 1.54) is 12.1 Å². The predicted molar refractivity (Wildman–Crippen MR) is 89.0 cm³/mol. The number of rotatable bonds is 6. The average Bonchev–Trinajstić information content (AvgIpc) is 2.52. The molecule has 2 amide bonds. The number of carbonyl (C=O) groups excluding carboxylic acids is 1.